The smallest absolute Gasteiger partial charge is 0.324 e. The number of nitrogens with zero attached hydrogens (tertiary/aromatic N) is 3. The molecule has 15 heteroatoms. The molecule has 1 fully saturated rings. The van der Waals surface area contributed by atoms with Crippen LogP contribution in [0.3, 0.4) is 0 Å². The highest BCUT2D eigenvalue weighted by Gasteiger charge is 2.28. The number of anilines is 5. The fraction of sp³-hybridized carbons (Fsp3) is 0.295. The number of hydrogen-bond acceptors (Lipinski definition) is 10. The Hall–Kier alpha value is -6.34. The first kappa shape index (κ1) is 42.3. The molecule has 2 heterocycles. The van der Waals surface area contributed by atoms with Gasteiger partial charge in [0.1, 0.15) is 17.3 Å². The van der Waals surface area contributed by atoms with Crippen LogP contribution in [0, 0.1) is 12.3 Å². The van der Waals surface area contributed by atoms with E-state index in [0.29, 0.717) is 57.1 Å². The van der Waals surface area contributed by atoms with Crippen LogP contribution in [0.25, 0.3) is 10.8 Å². The summed E-state index contributed by atoms with van der Waals surface area (Å²) in [5.74, 6) is 3.88. The highest BCUT2D eigenvalue weighted by Crippen LogP contribution is 2.46. The topological polar surface area (TPSA) is 177 Å². The lowest BCUT2D eigenvalue weighted by Gasteiger charge is -2.29. The molecule has 0 aliphatic carbocycles. The van der Waals surface area contributed by atoms with Gasteiger partial charge in [0, 0.05) is 59.5 Å². The van der Waals surface area contributed by atoms with Crippen molar-refractivity contribution in [3.05, 3.63) is 102 Å². The van der Waals surface area contributed by atoms with Crippen molar-refractivity contribution in [1.29, 1.82) is 0 Å². The van der Waals surface area contributed by atoms with E-state index in [4.69, 9.17) is 26.4 Å². The maximum Gasteiger partial charge on any atom is 0.324 e. The van der Waals surface area contributed by atoms with E-state index in [1.54, 1.807) is 60.8 Å². The number of aromatic nitrogens is 1. The summed E-state index contributed by atoms with van der Waals surface area (Å²) in [4.78, 5) is 34.6. The third kappa shape index (κ3) is 10.6. The number of benzene rings is 4. The lowest BCUT2D eigenvalue weighted by molar-refractivity contribution is 0.0374. The lowest BCUT2D eigenvalue weighted by atomic mass is 9.86. The Morgan fingerprint density at radius 1 is 1.00 bits per heavy atom. The second-order valence-corrected chi connectivity index (χ2v) is 16.9. The van der Waals surface area contributed by atoms with Crippen LogP contribution in [0.1, 0.15) is 48.7 Å². The fourth-order valence-corrected chi connectivity index (χ4v) is 7.32. The van der Waals surface area contributed by atoms with Crippen LogP contribution in [0.5, 0.6) is 17.2 Å². The van der Waals surface area contributed by atoms with Gasteiger partial charge in [-0.2, -0.15) is 0 Å². The second-order valence-electron chi connectivity index (χ2n) is 15.1. The van der Waals surface area contributed by atoms with E-state index >= 15 is 0 Å². The Labute approximate surface area is 345 Å². The van der Waals surface area contributed by atoms with Crippen LogP contribution in [-0.2, 0) is 20.2 Å². The maximum absolute atomic E-state index is 13.4. The molecule has 59 heavy (non-hydrogen) atoms. The Bertz CT molecular complexity index is 2510. The molecule has 1 aliphatic rings. The summed E-state index contributed by atoms with van der Waals surface area (Å²) in [5, 5.41) is 7.52. The molecule has 5 aromatic rings. The molecule has 308 valence electrons. The summed E-state index contributed by atoms with van der Waals surface area (Å²) in [5.41, 5.74) is 8.74. The molecule has 14 nitrogen and oxygen atoms in total. The van der Waals surface area contributed by atoms with Crippen LogP contribution in [0.4, 0.5) is 33.4 Å². The highest BCUT2D eigenvalue weighted by atomic mass is 32.2. The van der Waals surface area contributed by atoms with E-state index in [1.165, 1.54) is 12.0 Å². The number of ether oxygens (including phenoxy) is 3. The van der Waals surface area contributed by atoms with E-state index in [0.717, 1.165) is 51.1 Å². The second kappa shape index (κ2) is 18.1. The van der Waals surface area contributed by atoms with E-state index in [-0.39, 0.29) is 23.0 Å². The first-order valence-electron chi connectivity index (χ1n) is 19.1. The minimum atomic E-state index is -3.72. The van der Waals surface area contributed by atoms with E-state index < -0.39 is 21.5 Å². The van der Waals surface area contributed by atoms with E-state index in [2.05, 4.69) is 31.2 Å². The van der Waals surface area contributed by atoms with Crippen LogP contribution < -0.4 is 35.5 Å². The molecule has 1 saturated heterocycles. The molecule has 0 spiro atoms. The van der Waals surface area contributed by atoms with Crippen molar-refractivity contribution in [1.82, 2.24) is 15.2 Å². The van der Waals surface area contributed by atoms with Gasteiger partial charge in [-0.1, -0.05) is 51.0 Å². The Balaban J connectivity index is 1.27. The quantitative estimate of drug-likeness (QED) is 0.0668. The van der Waals surface area contributed by atoms with Gasteiger partial charge < -0.3 is 30.6 Å². The minimum Gasteiger partial charge on any atom is -0.492 e. The minimum absolute atomic E-state index is 0.114. The number of terminal acetylenes is 1. The van der Waals surface area contributed by atoms with Gasteiger partial charge in [-0.3, -0.25) is 19.3 Å². The molecule has 1 aliphatic heterocycles. The fourth-order valence-electron chi connectivity index (χ4n) is 6.77. The Morgan fingerprint density at radius 3 is 2.42 bits per heavy atom. The molecule has 0 saturated carbocycles. The van der Waals surface area contributed by atoms with Crippen molar-refractivity contribution in [3.8, 4) is 29.6 Å². The maximum atomic E-state index is 13.4. The first-order valence-corrected chi connectivity index (χ1v) is 20.9. The summed E-state index contributed by atoms with van der Waals surface area (Å²) < 4.78 is 44.9. The normalized spacial score (nSPS) is 13.3. The number of methoxy groups -OCH3 is 1. The number of sulfonamides is 1. The predicted molar refractivity (Wildman–Crippen MR) is 232 cm³/mol. The van der Waals surface area contributed by atoms with Crippen LogP contribution in [0.2, 0.25) is 0 Å². The molecule has 1 aromatic heterocycles. The van der Waals surface area contributed by atoms with Gasteiger partial charge in [-0.05, 0) is 72.5 Å². The molecule has 0 radical (unpaired) electrons. The summed E-state index contributed by atoms with van der Waals surface area (Å²) in [7, 11) is -2.33. The molecule has 0 unspecified atom stereocenters. The van der Waals surface area contributed by atoms with Crippen molar-refractivity contribution in [2.45, 2.75) is 32.6 Å². The van der Waals surface area contributed by atoms with Crippen molar-refractivity contribution < 1.29 is 32.2 Å². The molecular weight excluding hydrogens is 771 g/mol. The Kier molecular flexibility index (Phi) is 12.9. The number of urea groups is 1. The number of hydrogen-bond donors (Lipinski definition) is 4. The number of carbonyl (C=O) groups excluding carboxylic acids is 2. The molecule has 4 aromatic carbocycles. The van der Waals surface area contributed by atoms with Crippen LogP contribution in [-0.4, -0.2) is 83.0 Å². The largest absolute Gasteiger partial charge is 0.492 e. The van der Waals surface area contributed by atoms with Gasteiger partial charge >= 0.3 is 6.03 Å². The van der Waals surface area contributed by atoms with Gasteiger partial charge in [-0.25, -0.2) is 18.2 Å². The molecular formula is C44H49N7O7S. The van der Waals surface area contributed by atoms with Crippen molar-refractivity contribution >= 4 is 61.3 Å². The third-order valence-corrected chi connectivity index (χ3v) is 10.2. The number of pyridine rings is 1. The third-order valence-electron chi connectivity index (χ3n) is 9.63. The number of morpholine rings is 1. The highest BCUT2D eigenvalue weighted by molar-refractivity contribution is 7.92. The summed E-state index contributed by atoms with van der Waals surface area (Å²) >= 11 is 0. The number of carbonyl (C=O) groups is 2. The number of fused-ring (bicyclic) bond motifs is 1. The van der Waals surface area contributed by atoms with Crippen molar-refractivity contribution in [2.75, 3.05) is 67.7 Å². The average Bonchev–Trinajstić information content (AvgIpc) is 3.19. The van der Waals surface area contributed by atoms with Gasteiger partial charge in [0.2, 0.25) is 10.0 Å². The number of nitrogens with two attached hydrogens (primary N) is 1. The van der Waals surface area contributed by atoms with Gasteiger partial charge in [-0.15, -0.1) is 6.42 Å². The number of amides is 3. The standard InChI is InChI=1S/C44H49N7O7S/c1-7-29-23-30(42(52)47-16-10-18-50-19-21-57-22-20-50)25-32(24-29)48-40-28-33(15-17-46-40)58-39-14-13-37(34-11-8-9-12-35(34)39)51(43(45)53)38-27-31(44(2,3)4)26-36(41(38)56-5)49-59(6,54)55/h1,8-9,11-15,17,23-28,49H,10,16,18-22H2,2-6H3,(H2,45,53)(H,46,48)(H,47,52). The zero-order valence-electron chi connectivity index (χ0n) is 33.8. The summed E-state index contributed by atoms with van der Waals surface area (Å²) in [6, 6.07) is 22.0. The Morgan fingerprint density at radius 2 is 1.75 bits per heavy atom. The zero-order valence-corrected chi connectivity index (χ0v) is 34.6. The summed E-state index contributed by atoms with van der Waals surface area (Å²) in [6.07, 6.45) is 9.21. The molecule has 0 atom stereocenters. The molecule has 3 amide bonds. The van der Waals surface area contributed by atoms with Crippen LogP contribution >= 0.6 is 0 Å². The first-order chi connectivity index (χ1) is 28.1. The zero-order chi connectivity index (χ0) is 42.3. The van der Waals surface area contributed by atoms with Crippen molar-refractivity contribution in [2.24, 2.45) is 5.73 Å². The molecule has 5 N–H and O–H groups in total. The summed E-state index contributed by atoms with van der Waals surface area (Å²) in [6.45, 7) is 10.6. The number of nitrogens with one attached hydrogen (secondary N) is 3. The molecule has 6 rings (SSSR count). The number of primary amides is 1. The van der Waals surface area contributed by atoms with Crippen LogP contribution in [0.15, 0.2) is 85.1 Å². The lowest BCUT2D eigenvalue weighted by Crippen LogP contribution is -2.38. The van der Waals surface area contributed by atoms with Gasteiger partial charge in [0.15, 0.2) is 5.75 Å². The number of rotatable bonds is 14. The predicted octanol–water partition coefficient (Wildman–Crippen LogP) is 7.10. The van der Waals surface area contributed by atoms with Crippen molar-refractivity contribution in [3.63, 3.8) is 0 Å². The van der Waals surface area contributed by atoms with Gasteiger partial charge in [0.05, 0.1) is 43.6 Å². The van der Waals surface area contributed by atoms with E-state index in [1.807, 2.05) is 45.0 Å². The molecule has 0 bridgehead atoms. The van der Waals surface area contributed by atoms with E-state index in [9.17, 15) is 18.0 Å². The SMILES string of the molecule is C#Cc1cc(Nc2cc(Oc3ccc(N(C(N)=O)c4cc(C(C)(C)C)cc(NS(C)(=O)=O)c4OC)c4ccccc34)ccn2)cc(C(=O)NCCCN2CCOCC2)c1. The monoisotopic (exact) mass is 819 g/mol. The average molecular weight is 820 g/mol. The van der Waals surface area contributed by atoms with Gasteiger partial charge in [0.25, 0.3) is 5.91 Å².